The van der Waals surface area contributed by atoms with Gasteiger partial charge in [-0.2, -0.15) is 0 Å². The van der Waals surface area contributed by atoms with Crippen LogP contribution in [-0.2, 0) is 0 Å². The second-order valence-electron chi connectivity index (χ2n) is 6.30. The molecule has 0 saturated carbocycles. The fourth-order valence-corrected chi connectivity index (χ4v) is 3.55. The molecule has 2 saturated heterocycles. The van der Waals surface area contributed by atoms with E-state index < -0.39 is 4.92 Å². The lowest BCUT2D eigenvalue weighted by molar-refractivity contribution is -0.384. The predicted octanol–water partition coefficient (Wildman–Crippen LogP) is 1.97. The van der Waals surface area contributed by atoms with E-state index in [1.165, 1.54) is 12.1 Å². The molecule has 6 nitrogen and oxygen atoms in total. The van der Waals surface area contributed by atoms with Gasteiger partial charge in [-0.3, -0.25) is 14.9 Å². The molecule has 0 bridgehead atoms. The number of fused-ring (bicyclic) bond motifs is 1. The molecule has 2 aliphatic rings. The van der Waals surface area contributed by atoms with E-state index in [4.69, 9.17) is 0 Å². The van der Waals surface area contributed by atoms with Crippen LogP contribution >= 0.6 is 0 Å². The molecular formula is C16H21N3O3. The van der Waals surface area contributed by atoms with Crippen molar-refractivity contribution in [3.8, 4) is 0 Å². The average molecular weight is 303 g/mol. The van der Waals surface area contributed by atoms with Crippen LogP contribution in [-0.4, -0.2) is 41.9 Å². The summed E-state index contributed by atoms with van der Waals surface area (Å²) in [5.74, 6) is 1.24. The number of nitrogens with one attached hydrogen (secondary N) is 1. The monoisotopic (exact) mass is 303 g/mol. The maximum absolute atomic E-state index is 12.8. The Morgan fingerprint density at radius 3 is 2.50 bits per heavy atom. The number of likely N-dealkylation sites (tertiary alicyclic amines) is 1. The van der Waals surface area contributed by atoms with Gasteiger partial charge in [0.25, 0.3) is 11.6 Å². The van der Waals surface area contributed by atoms with Gasteiger partial charge in [-0.15, -0.1) is 0 Å². The highest BCUT2D eigenvalue weighted by molar-refractivity contribution is 5.96. The average Bonchev–Trinajstić information content (AvgIpc) is 2.85. The van der Waals surface area contributed by atoms with Gasteiger partial charge in [0.1, 0.15) is 0 Å². The maximum Gasteiger partial charge on any atom is 0.270 e. The molecule has 0 spiro atoms. The first-order valence-corrected chi connectivity index (χ1v) is 7.81. The van der Waals surface area contributed by atoms with Crippen LogP contribution in [0.1, 0.15) is 28.8 Å². The lowest BCUT2D eigenvalue weighted by Gasteiger charge is -2.21. The second kappa shape index (κ2) is 6.04. The third-order valence-electron chi connectivity index (χ3n) is 4.97. The fraction of sp³-hybridized carbons (Fsp3) is 0.562. The maximum atomic E-state index is 12.8. The molecule has 1 aromatic carbocycles. The number of carbonyl (C=O) groups is 1. The van der Waals surface area contributed by atoms with Gasteiger partial charge in [0.15, 0.2) is 0 Å². The zero-order valence-electron chi connectivity index (χ0n) is 12.7. The van der Waals surface area contributed by atoms with Crippen molar-refractivity contribution in [1.29, 1.82) is 0 Å². The van der Waals surface area contributed by atoms with Gasteiger partial charge in [-0.05, 0) is 50.3 Å². The lowest BCUT2D eigenvalue weighted by Crippen LogP contribution is -2.33. The summed E-state index contributed by atoms with van der Waals surface area (Å²) in [4.78, 5) is 25.1. The SMILES string of the molecule is Cc1ccc([N+](=O)[O-])cc1C(=O)N1CC[C@@H]2CNC[C@@H]2CC1. The minimum absolute atomic E-state index is 0.0233. The molecule has 2 heterocycles. The van der Waals surface area contributed by atoms with Crippen molar-refractivity contribution >= 4 is 11.6 Å². The van der Waals surface area contributed by atoms with E-state index in [0.29, 0.717) is 17.4 Å². The lowest BCUT2D eigenvalue weighted by atomic mass is 9.92. The summed E-state index contributed by atoms with van der Waals surface area (Å²) < 4.78 is 0. The van der Waals surface area contributed by atoms with E-state index in [1.807, 2.05) is 11.8 Å². The number of nitro groups is 1. The molecule has 0 aliphatic carbocycles. The molecule has 6 heteroatoms. The zero-order valence-corrected chi connectivity index (χ0v) is 12.7. The molecule has 1 aromatic rings. The highest BCUT2D eigenvalue weighted by Crippen LogP contribution is 2.28. The Labute approximate surface area is 129 Å². The van der Waals surface area contributed by atoms with Crippen LogP contribution in [0, 0.1) is 28.9 Å². The van der Waals surface area contributed by atoms with Crippen LogP contribution in [0.25, 0.3) is 0 Å². The number of aryl methyl sites for hydroxylation is 1. The molecule has 2 fully saturated rings. The van der Waals surface area contributed by atoms with Crippen molar-refractivity contribution < 1.29 is 9.72 Å². The first-order valence-electron chi connectivity index (χ1n) is 7.81. The molecule has 0 unspecified atom stereocenters. The highest BCUT2D eigenvalue weighted by Gasteiger charge is 2.32. The van der Waals surface area contributed by atoms with Crippen molar-refractivity contribution in [2.45, 2.75) is 19.8 Å². The minimum Gasteiger partial charge on any atom is -0.339 e. The number of hydrogen-bond acceptors (Lipinski definition) is 4. The molecule has 0 aromatic heterocycles. The van der Waals surface area contributed by atoms with Crippen LogP contribution in [0.5, 0.6) is 0 Å². The molecule has 0 radical (unpaired) electrons. The first-order chi connectivity index (χ1) is 10.6. The van der Waals surface area contributed by atoms with Gasteiger partial charge in [0.05, 0.1) is 4.92 Å². The summed E-state index contributed by atoms with van der Waals surface area (Å²) in [5, 5.41) is 14.3. The van der Waals surface area contributed by atoms with Crippen LogP contribution < -0.4 is 5.32 Å². The third-order valence-corrected chi connectivity index (χ3v) is 4.97. The molecule has 22 heavy (non-hydrogen) atoms. The van der Waals surface area contributed by atoms with Gasteiger partial charge in [-0.1, -0.05) is 6.07 Å². The number of rotatable bonds is 2. The molecular weight excluding hydrogens is 282 g/mol. The van der Waals surface area contributed by atoms with Crippen LogP contribution in [0.15, 0.2) is 18.2 Å². The van der Waals surface area contributed by atoms with Gasteiger partial charge < -0.3 is 10.2 Å². The number of amides is 1. The Morgan fingerprint density at radius 1 is 1.27 bits per heavy atom. The number of hydrogen-bond donors (Lipinski definition) is 1. The van der Waals surface area contributed by atoms with Crippen molar-refractivity contribution in [3.63, 3.8) is 0 Å². The smallest absolute Gasteiger partial charge is 0.270 e. The summed E-state index contributed by atoms with van der Waals surface area (Å²) in [7, 11) is 0. The predicted molar refractivity (Wildman–Crippen MR) is 82.8 cm³/mol. The van der Waals surface area contributed by atoms with Crippen molar-refractivity contribution in [2.24, 2.45) is 11.8 Å². The zero-order chi connectivity index (χ0) is 15.7. The van der Waals surface area contributed by atoms with E-state index in [0.717, 1.165) is 44.6 Å². The van der Waals surface area contributed by atoms with Gasteiger partial charge in [-0.25, -0.2) is 0 Å². The summed E-state index contributed by atoms with van der Waals surface area (Å²) in [6.07, 6.45) is 2.02. The van der Waals surface area contributed by atoms with Crippen molar-refractivity contribution in [3.05, 3.63) is 39.4 Å². The Balaban J connectivity index is 1.79. The largest absolute Gasteiger partial charge is 0.339 e. The quantitative estimate of drug-likeness (QED) is 0.669. The molecule has 2 atom stereocenters. The van der Waals surface area contributed by atoms with E-state index in [-0.39, 0.29) is 11.6 Å². The van der Waals surface area contributed by atoms with Crippen LogP contribution in [0.3, 0.4) is 0 Å². The number of benzene rings is 1. The number of non-ortho nitro benzene ring substituents is 1. The normalized spacial score (nSPS) is 24.7. The van der Waals surface area contributed by atoms with E-state index in [1.54, 1.807) is 6.07 Å². The van der Waals surface area contributed by atoms with E-state index in [2.05, 4.69) is 5.32 Å². The number of carbonyl (C=O) groups excluding carboxylic acids is 1. The molecule has 118 valence electrons. The van der Waals surface area contributed by atoms with E-state index in [9.17, 15) is 14.9 Å². The molecule has 1 amide bonds. The van der Waals surface area contributed by atoms with Gasteiger partial charge >= 0.3 is 0 Å². The Bertz CT molecular complexity index is 588. The number of nitro benzene ring substituents is 1. The highest BCUT2D eigenvalue weighted by atomic mass is 16.6. The summed E-state index contributed by atoms with van der Waals surface area (Å²) in [6.45, 7) is 5.39. The van der Waals surface area contributed by atoms with Gasteiger partial charge in [0, 0.05) is 30.8 Å². The van der Waals surface area contributed by atoms with Crippen molar-refractivity contribution in [2.75, 3.05) is 26.2 Å². The summed E-state index contributed by atoms with van der Waals surface area (Å²) in [6, 6.07) is 4.51. The second-order valence-corrected chi connectivity index (χ2v) is 6.30. The van der Waals surface area contributed by atoms with Gasteiger partial charge in [0.2, 0.25) is 0 Å². The standard InChI is InChI=1S/C16H21N3O3/c1-11-2-3-14(19(21)22)8-15(11)16(20)18-6-4-12-9-17-10-13(12)5-7-18/h2-3,8,12-13,17H,4-7,9-10H2,1H3/t12-,13+. The first kappa shape index (κ1) is 15.0. The Morgan fingerprint density at radius 2 is 1.91 bits per heavy atom. The molecule has 2 aliphatic heterocycles. The van der Waals surface area contributed by atoms with Crippen molar-refractivity contribution in [1.82, 2.24) is 10.2 Å². The van der Waals surface area contributed by atoms with Crippen LogP contribution in [0.4, 0.5) is 5.69 Å². The topological polar surface area (TPSA) is 75.5 Å². The number of nitrogens with zero attached hydrogens (tertiary/aromatic N) is 2. The Kier molecular flexibility index (Phi) is 4.11. The summed E-state index contributed by atoms with van der Waals surface area (Å²) in [5.41, 5.74) is 1.23. The summed E-state index contributed by atoms with van der Waals surface area (Å²) >= 11 is 0. The molecule has 3 rings (SSSR count). The molecule has 1 N–H and O–H groups in total. The minimum atomic E-state index is -0.450. The Hall–Kier alpha value is -1.95. The van der Waals surface area contributed by atoms with E-state index >= 15 is 0 Å². The third kappa shape index (κ3) is 2.83. The van der Waals surface area contributed by atoms with Crippen LogP contribution in [0.2, 0.25) is 0 Å². The fourth-order valence-electron chi connectivity index (χ4n) is 3.55.